The summed E-state index contributed by atoms with van der Waals surface area (Å²) in [5.74, 6) is 0.603. The minimum absolute atomic E-state index is 0.265. The van der Waals surface area contributed by atoms with E-state index in [1.54, 1.807) is 0 Å². The summed E-state index contributed by atoms with van der Waals surface area (Å²) in [6.45, 7) is 11.5. The lowest BCUT2D eigenvalue weighted by molar-refractivity contribution is 0.517. The van der Waals surface area contributed by atoms with Gasteiger partial charge < -0.3 is 0 Å². The molecule has 0 amide bonds. The molecule has 0 unspecified atom stereocenters. The van der Waals surface area contributed by atoms with Crippen LogP contribution >= 0.6 is 45.3 Å². The number of rotatable bonds is 6. The largest absolute Gasteiger partial charge is 0.139 e. The van der Waals surface area contributed by atoms with Crippen LogP contribution in [0.4, 0.5) is 0 Å². The van der Waals surface area contributed by atoms with E-state index in [1.165, 1.54) is 45.4 Å². The first-order valence-corrected chi connectivity index (χ1v) is 13.0. The monoisotopic (exact) mass is 442 g/mol. The van der Waals surface area contributed by atoms with Gasteiger partial charge in [0.1, 0.15) is 0 Å². The van der Waals surface area contributed by atoms with Crippen molar-refractivity contribution < 1.29 is 0 Å². The van der Waals surface area contributed by atoms with Crippen molar-refractivity contribution in [3.8, 4) is 29.3 Å². The van der Waals surface area contributed by atoms with E-state index in [0.29, 0.717) is 5.92 Å². The van der Waals surface area contributed by atoms with Crippen LogP contribution in [0.3, 0.4) is 0 Å². The number of thiophene rings is 4. The maximum absolute atomic E-state index is 2.34. The van der Waals surface area contributed by atoms with Gasteiger partial charge in [-0.05, 0) is 66.3 Å². The topological polar surface area (TPSA) is 0 Å². The lowest BCUT2D eigenvalue weighted by Crippen LogP contribution is -2.12. The number of hydrogen-bond acceptors (Lipinski definition) is 4. The Morgan fingerprint density at radius 1 is 0.643 bits per heavy atom. The van der Waals surface area contributed by atoms with Gasteiger partial charge in [-0.15, -0.1) is 45.3 Å². The minimum atomic E-state index is 0.265. The molecule has 0 aromatic carbocycles. The van der Waals surface area contributed by atoms with Crippen LogP contribution in [0.15, 0.2) is 48.5 Å². The summed E-state index contributed by atoms with van der Waals surface area (Å²) in [7, 11) is 0. The molecule has 4 aromatic heterocycles. The second-order valence-electron chi connectivity index (χ2n) is 8.09. The van der Waals surface area contributed by atoms with Gasteiger partial charge in [0, 0.05) is 39.0 Å². The highest BCUT2D eigenvalue weighted by atomic mass is 32.1. The fourth-order valence-corrected chi connectivity index (χ4v) is 7.48. The molecule has 0 radical (unpaired) electrons. The van der Waals surface area contributed by atoms with Crippen molar-refractivity contribution >= 4 is 45.3 Å². The van der Waals surface area contributed by atoms with E-state index in [1.807, 2.05) is 45.3 Å². The Morgan fingerprint density at radius 2 is 1.07 bits per heavy atom. The van der Waals surface area contributed by atoms with E-state index in [4.69, 9.17) is 0 Å². The molecule has 0 spiro atoms. The Hall–Kier alpha value is -1.20. The molecule has 0 aliphatic carbocycles. The molecule has 0 nitrogen and oxygen atoms in total. The highest BCUT2D eigenvalue weighted by Gasteiger charge is 2.21. The molecule has 4 heteroatoms. The van der Waals surface area contributed by atoms with E-state index in [2.05, 4.69) is 83.1 Å². The summed E-state index contributed by atoms with van der Waals surface area (Å²) in [6, 6.07) is 18.3. The molecule has 0 atom stereocenters. The molecule has 0 N–H and O–H groups in total. The molecule has 0 fully saturated rings. The van der Waals surface area contributed by atoms with Crippen molar-refractivity contribution in [2.24, 2.45) is 0 Å². The van der Waals surface area contributed by atoms with Crippen LogP contribution in [0.1, 0.15) is 56.7 Å². The molecule has 4 rings (SSSR count). The average molecular weight is 443 g/mol. The first-order valence-electron chi connectivity index (χ1n) is 9.78. The van der Waals surface area contributed by atoms with Gasteiger partial charge in [-0.25, -0.2) is 0 Å². The van der Waals surface area contributed by atoms with E-state index in [9.17, 15) is 0 Å². The van der Waals surface area contributed by atoms with Crippen LogP contribution in [0.25, 0.3) is 29.3 Å². The SMILES string of the molecule is CCC(C)(C)c1ccc(-c2ccc(-c3ccc(-c4ccc(C(C)C)s4)s3)s2)s1. The van der Waals surface area contributed by atoms with Gasteiger partial charge in [0.25, 0.3) is 0 Å². The van der Waals surface area contributed by atoms with Gasteiger partial charge in [-0.2, -0.15) is 0 Å². The van der Waals surface area contributed by atoms with Crippen LogP contribution in [-0.4, -0.2) is 0 Å². The molecule has 0 saturated heterocycles. The van der Waals surface area contributed by atoms with Crippen LogP contribution in [0.5, 0.6) is 0 Å². The molecular weight excluding hydrogens is 417 g/mol. The smallest absolute Gasteiger partial charge is 0.0449 e. The Bertz CT molecular complexity index is 1070. The summed E-state index contributed by atoms with van der Waals surface area (Å²) in [6.07, 6.45) is 1.17. The molecule has 4 heterocycles. The quantitative estimate of drug-likeness (QED) is 0.279. The van der Waals surface area contributed by atoms with E-state index < -0.39 is 0 Å². The van der Waals surface area contributed by atoms with Crippen molar-refractivity contribution in [3.63, 3.8) is 0 Å². The van der Waals surface area contributed by atoms with Gasteiger partial charge in [-0.1, -0.05) is 34.6 Å². The molecule has 146 valence electrons. The maximum atomic E-state index is 2.34. The van der Waals surface area contributed by atoms with E-state index in [0.717, 1.165) is 0 Å². The lowest BCUT2D eigenvalue weighted by atomic mass is 9.89. The Labute approximate surface area is 184 Å². The van der Waals surface area contributed by atoms with Gasteiger partial charge >= 0.3 is 0 Å². The Balaban J connectivity index is 1.57. The van der Waals surface area contributed by atoms with Crippen LogP contribution in [0.2, 0.25) is 0 Å². The maximum Gasteiger partial charge on any atom is 0.0449 e. The third-order valence-corrected chi connectivity index (χ3v) is 10.9. The summed E-state index contributed by atoms with van der Waals surface area (Å²) in [4.78, 5) is 11.2. The third-order valence-electron chi connectivity index (χ3n) is 5.29. The van der Waals surface area contributed by atoms with Crippen molar-refractivity contribution in [2.75, 3.05) is 0 Å². The standard InChI is InChI=1S/C24H26S4/c1-6-24(4,5)23-14-13-22(28-23)21-12-11-20(27-21)19-10-9-18(26-19)17-8-7-16(25-17)15(2)3/h7-15H,6H2,1-5H3. The number of hydrogen-bond donors (Lipinski definition) is 0. The zero-order chi connectivity index (χ0) is 19.9. The predicted octanol–water partition coefficient (Wildman–Crippen LogP) is 9.74. The van der Waals surface area contributed by atoms with Gasteiger partial charge in [0.15, 0.2) is 0 Å². The van der Waals surface area contributed by atoms with Crippen molar-refractivity contribution in [1.82, 2.24) is 0 Å². The molecule has 28 heavy (non-hydrogen) atoms. The van der Waals surface area contributed by atoms with Crippen molar-refractivity contribution in [3.05, 3.63) is 58.3 Å². The molecule has 0 aliphatic rings. The summed E-state index contributed by atoms with van der Waals surface area (Å²) in [5, 5.41) is 0. The summed E-state index contributed by atoms with van der Waals surface area (Å²) < 4.78 is 0. The minimum Gasteiger partial charge on any atom is -0.139 e. The van der Waals surface area contributed by atoms with E-state index in [-0.39, 0.29) is 5.41 Å². The fourth-order valence-electron chi connectivity index (χ4n) is 3.01. The van der Waals surface area contributed by atoms with Gasteiger partial charge in [0.2, 0.25) is 0 Å². The summed E-state index contributed by atoms with van der Waals surface area (Å²) >= 11 is 7.70. The van der Waals surface area contributed by atoms with Crippen molar-refractivity contribution in [1.29, 1.82) is 0 Å². The van der Waals surface area contributed by atoms with Crippen molar-refractivity contribution in [2.45, 2.75) is 52.4 Å². The first kappa shape index (κ1) is 20.1. The van der Waals surface area contributed by atoms with Crippen LogP contribution < -0.4 is 0 Å². The molecule has 4 aromatic rings. The van der Waals surface area contributed by atoms with Crippen LogP contribution in [0, 0.1) is 0 Å². The Kier molecular flexibility index (Phi) is 5.67. The van der Waals surface area contributed by atoms with Gasteiger partial charge in [-0.3, -0.25) is 0 Å². The third kappa shape index (κ3) is 3.93. The first-order chi connectivity index (χ1) is 13.4. The highest BCUT2D eigenvalue weighted by molar-refractivity contribution is 7.28. The average Bonchev–Trinajstić information content (AvgIpc) is 3.47. The lowest BCUT2D eigenvalue weighted by Gasteiger charge is -2.20. The second kappa shape index (κ2) is 7.91. The fraction of sp³-hybridized carbons (Fsp3) is 0.333. The molecule has 0 saturated carbocycles. The molecule has 0 bridgehead atoms. The van der Waals surface area contributed by atoms with Crippen LogP contribution in [-0.2, 0) is 5.41 Å². The zero-order valence-electron chi connectivity index (χ0n) is 17.0. The highest BCUT2D eigenvalue weighted by Crippen LogP contribution is 2.44. The zero-order valence-corrected chi connectivity index (χ0v) is 20.3. The normalized spacial score (nSPS) is 12.2. The van der Waals surface area contributed by atoms with Gasteiger partial charge in [0.05, 0.1) is 0 Å². The Morgan fingerprint density at radius 3 is 1.54 bits per heavy atom. The predicted molar refractivity (Wildman–Crippen MR) is 132 cm³/mol. The summed E-state index contributed by atoms with van der Waals surface area (Å²) in [5.41, 5.74) is 0.265. The van der Waals surface area contributed by atoms with E-state index >= 15 is 0 Å². The second-order valence-corrected chi connectivity index (χ2v) is 12.5. The molecular formula is C24H26S4. The molecule has 0 aliphatic heterocycles.